The second kappa shape index (κ2) is 5.68. The normalized spacial score (nSPS) is 10.4. The van der Waals surface area contributed by atoms with Crippen molar-refractivity contribution < 1.29 is 13.2 Å². The summed E-state index contributed by atoms with van der Waals surface area (Å²) in [5.41, 5.74) is 5.92. The minimum Gasteiger partial charge on any atom is -0.389 e. The van der Waals surface area contributed by atoms with Gasteiger partial charge < -0.3 is 11.1 Å². The number of anilines is 2. The highest BCUT2D eigenvalue weighted by Gasteiger charge is 2.12. The van der Waals surface area contributed by atoms with Crippen molar-refractivity contribution in [1.29, 1.82) is 0 Å². The molecule has 0 aromatic heterocycles. The number of rotatable bonds is 3. The highest BCUT2D eigenvalue weighted by Crippen LogP contribution is 2.26. The topological polar surface area (TPSA) is 38.0 Å². The number of nitrogens with two attached hydrogens (primary N) is 1. The molecule has 3 N–H and O–H groups in total. The van der Waals surface area contributed by atoms with Crippen molar-refractivity contribution in [3.63, 3.8) is 0 Å². The molecule has 0 aliphatic carbocycles. The first kappa shape index (κ1) is 14.6. The average molecular weight is 317 g/mol. The Kier molecular flexibility index (Phi) is 4.15. The summed E-state index contributed by atoms with van der Waals surface area (Å²) < 4.78 is 39.6. The molecule has 7 heteroatoms. The van der Waals surface area contributed by atoms with Crippen LogP contribution in [0.2, 0.25) is 5.02 Å². The number of nitrogens with one attached hydrogen (secondary N) is 1. The van der Waals surface area contributed by atoms with Crippen LogP contribution < -0.4 is 11.1 Å². The second-order valence-corrected chi connectivity index (χ2v) is 4.78. The third-order valence-corrected chi connectivity index (χ3v) is 3.04. The van der Waals surface area contributed by atoms with Crippen molar-refractivity contribution in [3.8, 4) is 0 Å². The Balaban J connectivity index is 2.36. The van der Waals surface area contributed by atoms with Gasteiger partial charge in [-0.2, -0.15) is 0 Å². The van der Waals surface area contributed by atoms with Gasteiger partial charge in [0.05, 0.1) is 10.7 Å². The molecule has 20 heavy (non-hydrogen) atoms. The lowest BCUT2D eigenvalue weighted by atomic mass is 10.2. The molecule has 2 aromatic carbocycles. The van der Waals surface area contributed by atoms with Crippen LogP contribution in [0.3, 0.4) is 0 Å². The molecule has 0 amide bonds. The molecule has 0 aliphatic heterocycles. The van der Waals surface area contributed by atoms with E-state index in [0.29, 0.717) is 17.3 Å². The summed E-state index contributed by atoms with van der Waals surface area (Å²) in [5, 5.41) is 2.79. The monoisotopic (exact) mass is 316 g/mol. The van der Waals surface area contributed by atoms with E-state index in [2.05, 4.69) is 5.32 Å². The highest BCUT2D eigenvalue weighted by atomic mass is 35.5. The van der Waals surface area contributed by atoms with Crippen molar-refractivity contribution in [2.24, 2.45) is 5.73 Å². The van der Waals surface area contributed by atoms with Gasteiger partial charge in [-0.25, -0.2) is 13.2 Å². The Bertz CT molecular complexity index is 692. The first-order chi connectivity index (χ1) is 9.38. The molecule has 0 unspecified atom stereocenters. The quantitative estimate of drug-likeness (QED) is 0.660. The molecule has 2 nitrogen and oxygen atoms in total. The zero-order valence-corrected chi connectivity index (χ0v) is 11.5. The molecule has 0 spiro atoms. The predicted octanol–water partition coefficient (Wildman–Crippen LogP) is 4.14. The van der Waals surface area contributed by atoms with Crippen LogP contribution in [-0.4, -0.2) is 4.99 Å². The summed E-state index contributed by atoms with van der Waals surface area (Å²) in [7, 11) is 0. The molecule has 0 fully saturated rings. The van der Waals surface area contributed by atoms with E-state index in [1.807, 2.05) is 0 Å². The number of halogens is 4. The molecular weight excluding hydrogens is 309 g/mol. The lowest BCUT2D eigenvalue weighted by Gasteiger charge is -2.10. The van der Waals surface area contributed by atoms with Gasteiger partial charge in [-0.1, -0.05) is 23.8 Å². The molecule has 0 bridgehead atoms. The van der Waals surface area contributed by atoms with Gasteiger partial charge in [0, 0.05) is 23.4 Å². The maximum Gasteiger partial charge on any atom is 0.182 e. The van der Waals surface area contributed by atoms with Crippen LogP contribution in [0, 0.1) is 17.5 Å². The maximum absolute atomic E-state index is 13.5. The van der Waals surface area contributed by atoms with Crippen molar-refractivity contribution in [1.82, 2.24) is 0 Å². The van der Waals surface area contributed by atoms with Crippen LogP contribution in [0.4, 0.5) is 24.5 Å². The van der Waals surface area contributed by atoms with Gasteiger partial charge in [0.2, 0.25) is 0 Å². The van der Waals surface area contributed by atoms with E-state index in [-0.39, 0.29) is 15.7 Å². The largest absolute Gasteiger partial charge is 0.389 e. The van der Waals surface area contributed by atoms with Crippen LogP contribution in [0.5, 0.6) is 0 Å². The summed E-state index contributed by atoms with van der Waals surface area (Å²) in [6.45, 7) is 0. The zero-order valence-electron chi connectivity index (χ0n) is 9.88. The Morgan fingerprint density at radius 1 is 1.15 bits per heavy atom. The van der Waals surface area contributed by atoms with Crippen LogP contribution in [-0.2, 0) is 0 Å². The van der Waals surface area contributed by atoms with Gasteiger partial charge in [0.15, 0.2) is 11.6 Å². The SMILES string of the molecule is NC(=S)c1ccc(Nc2cc(F)cc(F)c2F)cc1Cl. The first-order valence-electron chi connectivity index (χ1n) is 5.39. The van der Waals surface area contributed by atoms with Gasteiger partial charge in [0.1, 0.15) is 10.8 Å². The molecule has 2 rings (SSSR count). The molecule has 2 aromatic rings. The summed E-state index contributed by atoms with van der Waals surface area (Å²) in [6, 6.07) is 5.78. The lowest BCUT2D eigenvalue weighted by Crippen LogP contribution is -2.10. The van der Waals surface area contributed by atoms with E-state index in [0.717, 1.165) is 6.07 Å². The fraction of sp³-hybridized carbons (Fsp3) is 0. The second-order valence-electron chi connectivity index (χ2n) is 3.93. The number of hydrogen-bond donors (Lipinski definition) is 2. The van der Waals surface area contributed by atoms with Gasteiger partial charge in [-0.3, -0.25) is 0 Å². The van der Waals surface area contributed by atoms with Gasteiger partial charge >= 0.3 is 0 Å². The van der Waals surface area contributed by atoms with E-state index in [4.69, 9.17) is 29.6 Å². The minimum absolute atomic E-state index is 0.115. The first-order valence-corrected chi connectivity index (χ1v) is 6.18. The van der Waals surface area contributed by atoms with Crippen molar-refractivity contribution in [2.75, 3.05) is 5.32 Å². The van der Waals surface area contributed by atoms with E-state index >= 15 is 0 Å². The minimum atomic E-state index is -1.28. The van der Waals surface area contributed by atoms with E-state index in [1.165, 1.54) is 18.2 Å². The van der Waals surface area contributed by atoms with Gasteiger partial charge in [0.25, 0.3) is 0 Å². The smallest absolute Gasteiger partial charge is 0.182 e. The summed E-state index contributed by atoms with van der Waals surface area (Å²) in [4.78, 5) is 0.115. The average Bonchev–Trinajstić information content (AvgIpc) is 2.35. The molecule has 0 heterocycles. The standard InChI is InChI=1S/C13H8ClF3N2S/c14-9-5-7(1-2-8(9)13(18)20)19-11-4-6(15)3-10(16)12(11)17/h1-5,19H,(H2,18,20). The van der Waals surface area contributed by atoms with Gasteiger partial charge in [-0.15, -0.1) is 0 Å². The Hall–Kier alpha value is -1.79. The van der Waals surface area contributed by atoms with Crippen molar-refractivity contribution >= 4 is 40.2 Å². The molecule has 0 aliphatic rings. The summed E-state index contributed by atoms with van der Waals surface area (Å²) >= 11 is 10.7. The molecule has 104 valence electrons. The molecule has 0 atom stereocenters. The molecule has 0 radical (unpaired) electrons. The Morgan fingerprint density at radius 2 is 1.85 bits per heavy atom. The summed E-state index contributed by atoms with van der Waals surface area (Å²) in [5.74, 6) is -3.35. The Labute approximate surface area is 123 Å². The number of hydrogen-bond acceptors (Lipinski definition) is 2. The maximum atomic E-state index is 13.5. The van der Waals surface area contributed by atoms with Crippen molar-refractivity contribution in [3.05, 3.63) is 58.4 Å². The van der Waals surface area contributed by atoms with Crippen LogP contribution >= 0.6 is 23.8 Å². The van der Waals surface area contributed by atoms with Crippen LogP contribution in [0.15, 0.2) is 30.3 Å². The fourth-order valence-electron chi connectivity index (χ4n) is 1.60. The molecular formula is C13H8ClF3N2S. The van der Waals surface area contributed by atoms with E-state index in [9.17, 15) is 13.2 Å². The van der Waals surface area contributed by atoms with Gasteiger partial charge in [-0.05, 0) is 18.2 Å². The number of thiocarbonyl (C=S) groups is 1. The summed E-state index contributed by atoms with van der Waals surface area (Å²) in [6.07, 6.45) is 0. The molecule has 0 saturated carbocycles. The fourth-order valence-corrected chi connectivity index (χ4v) is 2.11. The lowest BCUT2D eigenvalue weighted by molar-refractivity contribution is 0.498. The third kappa shape index (κ3) is 3.02. The highest BCUT2D eigenvalue weighted by molar-refractivity contribution is 7.80. The van der Waals surface area contributed by atoms with Crippen LogP contribution in [0.1, 0.15) is 5.56 Å². The zero-order chi connectivity index (χ0) is 14.9. The number of benzene rings is 2. The van der Waals surface area contributed by atoms with E-state index in [1.54, 1.807) is 0 Å². The molecule has 0 saturated heterocycles. The predicted molar refractivity (Wildman–Crippen MR) is 76.9 cm³/mol. The van der Waals surface area contributed by atoms with E-state index < -0.39 is 17.5 Å². The Morgan fingerprint density at radius 3 is 2.45 bits per heavy atom. The van der Waals surface area contributed by atoms with Crippen LogP contribution in [0.25, 0.3) is 0 Å². The van der Waals surface area contributed by atoms with Crippen molar-refractivity contribution in [2.45, 2.75) is 0 Å². The third-order valence-electron chi connectivity index (χ3n) is 2.51.